The average molecular weight is 636 g/mol. The first-order chi connectivity index (χ1) is 14.7. The van der Waals surface area contributed by atoms with Crippen LogP contribution in [0.2, 0.25) is 0 Å². The van der Waals surface area contributed by atoms with Crippen LogP contribution in [0.3, 0.4) is 0 Å². The monoisotopic (exact) mass is 636 g/mol. The zero-order valence-electron chi connectivity index (χ0n) is 18.9. The van der Waals surface area contributed by atoms with Crippen LogP contribution in [0.25, 0.3) is 22.3 Å². The number of halogens is 2. The van der Waals surface area contributed by atoms with Gasteiger partial charge in [-0.1, -0.05) is 84.9 Å². The Bertz CT molecular complexity index is 1190. The van der Waals surface area contributed by atoms with Crippen LogP contribution in [0.15, 0.2) is 84.9 Å². The van der Waals surface area contributed by atoms with Crippen LogP contribution < -0.4 is 24.8 Å². The maximum Gasteiger partial charge on any atom is 2.00 e. The van der Waals surface area contributed by atoms with Crippen LogP contribution in [0, 0.1) is 13.8 Å². The summed E-state index contributed by atoms with van der Waals surface area (Å²) in [6, 6.07) is 31.7. The molecular formula is C30H26Cl2Hf. The van der Waals surface area contributed by atoms with Crippen molar-refractivity contribution in [1.29, 1.82) is 0 Å². The first-order valence-corrected chi connectivity index (χ1v) is 11.1. The van der Waals surface area contributed by atoms with Crippen molar-refractivity contribution < 1.29 is 50.7 Å². The maximum absolute atomic E-state index is 2.35. The molecule has 0 bridgehead atoms. The topological polar surface area (TPSA) is 0 Å². The van der Waals surface area contributed by atoms with Gasteiger partial charge in [-0.05, 0) is 82.3 Å². The Labute approximate surface area is 228 Å². The molecule has 0 fully saturated rings. The van der Waals surface area contributed by atoms with Crippen LogP contribution in [-0.4, -0.2) is 0 Å². The Kier molecular flexibility index (Phi) is 8.10. The van der Waals surface area contributed by atoms with Gasteiger partial charge in [0.2, 0.25) is 0 Å². The summed E-state index contributed by atoms with van der Waals surface area (Å²) < 4.78 is 0. The van der Waals surface area contributed by atoms with Gasteiger partial charge in [0.1, 0.15) is 0 Å². The maximum atomic E-state index is 2.35. The third kappa shape index (κ3) is 4.07. The molecule has 2 aliphatic carbocycles. The fourth-order valence-electron chi connectivity index (χ4n) is 6.09. The average Bonchev–Trinajstić information content (AvgIpc) is 3.27. The van der Waals surface area contributed by atoms with Gasteiger partial charge in [0.05, 0.1) is 0 Å². The minimum absolute atomic E-state index is 0. The molecule has 2 unspecified atom stereocenters. The van der Waals surface area contributed by atoms with Crippen molar-refractivity contribution in [1.82, 2.24) is 0 Å². The van der Waals surface area contributed by atoms with E-state index < -0.39 is 0 Å². The smallest absolute Gasteiger partial charge is 1.00 e. The molecule has 3 heteroatoms. The van der Waals surface area contributed by atoms with Crippen molar-refractivity contribution in [2.45, 2.75) is 38.5 Å². The molecule has 33 heavy (non-hydrogen) atoms. The third-order valence-corrected chi connectivity index (χ3v) is 7.34. The number of benzene rings is 4. The molecular weight excluding hydrogens is 610 g/mol. The minimum atomic E-state index is 0. The fourth-order valence-corrected chi connectivity index (χ4v) is 6.09. The largest absolute Gasteiger partial charge is 2.00 e. The van der Waals surface area contributed by atoms with E-state index in [1.54, 1.807) is 11.1 Å². The summed E-state index contributed by atoms with van der Waals surface area (Å²) in [5.74, 6) is 0.996. The van der Waals surface area contributed by atoms with E-state index in [0.717, 1.165) is 0 Å². The van der Waals surface area contributed by atoms with E-state index in [-0.39, 0.29) is 50.7 Å². The van der Waals surface area contributed by atoms with Gasteiger partial charge in [-0.3, -0.25) is 0 Å². The number of rotatable bonds is 3. The molecule has 0 heterocycles. The van der Waals surface area contributed by atoms with Crippen molar-refractivity contribution >= 4 is 0 Å². The Balaban J connectivity index is 0.00000102. The molecule has 0 nitrogen and oxygen atoms in total. The Hall–Kier alpha value is -1.67. The van der Waals surface area contributed by atoms with Gasteiger partial charge in [-0.15, -0.1) is 0 Å². The second-order valence-electron chi connectivity index (χ2n) is 8.93. The summed E-state index contributed by atoms with van der Waals surface area (Å²) in [4.78, 5) is 0. The first kappa shape index (κ1) is 25.9. The van der Waals surface area contributed by atoms with E-state index in [1.165, 1.54) is 57.3 Å². The summed E-state index contributed by atoms with van der Waals surface area (Å²) in [6.07, 6.45) is 2.36. The van der Waals surface area contributed by atoms with Crippen LogP contribution in [0.4, 0.5) is 0 Å². The number of fused-ring (bicyclic) bond motifs is 6. The predicted octanol–water partition coefficient (Wildman–Crippen LogP) is 2.01. The van der Waals surface area contributed by atoms with Crippen LogP contribution >= 0.6 is 0 Å². The zero-order chi connectivity index (χ0) is 20.2. The van der Waals surface area contributed by atoms with Crippen LogP contribution in [0.5, 0.6) is 0 Å². The van der Waals surface area contributed by atoms with Crippen molar-refractivity contribution in [2.75, 3.05) is 0 Å². The number of hydrogen-bond acceptors (Lipinski definition) is 0. The summed E-state index contributed by atoms with van der Waals surface area (Å²) >= 11 is 0. The van der Waals surface area contributed by atoms with Crippen molar-refractivity contribution in [2.24, 2.45) is 0 Å². The van der Waals surface area contributed by atoms with Crippen LogP contribution in [0.1, 0.15) is 58.1 Å². The SMILES string of the molecule is Cc1cccc2c1C(CCC1c3ccccc3-c3cccc(C)c31)c1ccccc1-2.[Cl-].[Cl-].[Hf+2]. The van der Waals surface area contributed by atoms with Gasteiger partial charge in [-0.2, -0.15) is 0 Å². The molecule has 0 N–H and O–H groups in total. The summed E-state index contributed by atoms with van der Waals surface area (Å²) in [5, 5.41) is 0. The molecule has 164 valence electrons. The molecule has 0 aromatic heterocycles. The van der Waals surface area contributed by atoms with Gasteiger partial charge in [0, 0.05) is 11.8 Å². The van der Waals surface area contributed by atoms with Gasteiger partial charge in [0.25, 0.3) is 0 Å². The fraction of sp³-hybridized carbons (Fsp3) is 0.200. The summed E-state index contributed by atoms with van der Waals surface area (Å²) in [7, 11) is 0. The Morgan fingerprint density at radius 3 is 1.27 bits per heavy atom. The zero-order valence-corrected chi connectivity index (χ0v) is 24.0. The van der Waals surface area contributed by atoms with Crippen molar-refractivity contribution in [3.05, 3.63) is 118 Å². The summed E-state index contributed by atoms with van der Waals surface area (Å²) in [5.41, 5.74) is 14.7. The van der Waals surface area contributed by atoms with E-state index >= 15 is 0 Å². The van der Waals surface area contributed by atoms with E-state index in [0.29, 0.717) is 11.8 Å². The molecule has 0 aliphatic heterocycles. The van der Waals surface area contributed by atoms with Crippen LogP contribution in [-0.2, 0) is 25.8 Å². The second-order valence-corrected chi connectivity index (χ2v) is 8.93. The molecule has 0 saturated carbocycles. The van der Waals surface area contributed by atoms with Gasteiger partial charge in [-0.25, -0.2) is 0 Å². The Morgan fingerprint density at radius 1 is 0.485 bits per heavy atom. The quantitative estimate of drug-likeness (QED) is 0.303. The standard InChI is InChI=1S/C30H26.2ClH.Hf/c1-19-9-7-15-25-21-11-3-5-13-23(21)27(29(19)25)17-18-28-24-14-6-4-12-22(24)26-16-8-10-20(2)30(26)28;;;/h3-16,27-28H,17-18H2,1-2H3;2*1H;/q;;;+2/p-2. The Morgan fingerprint density at radius 2 is 0.848 bits per heavy atom. The molecule has 0 amide bonds. The molecule has 6 rings (SSSR count). The third-order valence-electron chi connectivity index (χ3n) is 7.34. The van der Waals surface area contributed by atoms with Gasteiger partial charge in [0.15, 0.2) is 0 Å². The van der Waals surface area contributed by atoms with E-state index in [1.807, 2.05) is 0 Å². The molecule has 2 aliphatic rings. The summed E-state index contributed by atoms with van der Waals surface area (Å²) in [6.45, 7) is 4.56. The van der Waals surface area contributed by atoms with E-state index in [4.69, 9.17) is 0 Å². The molecule has 0 saturated heterocycles. The minimum Gasteiger partial charge on any atom is -1.00 e. The first-order valence-electron chi connectivity index (χ1n) is 11.1. The molecule has 0 radical (unpaired) electrons. The second kappa shape index (κ2) is 10.3. The molecule has 0 spiro atoms. The normalized spacial score (nSPS) is 16.3. The van der Waals surface area contributed by atoms with Gasteiger partial charge >= 0.3 is 25.8 Å². The molecule has 2 atom stereocenters. The van der Waals surface area contributed by atoms with Gasteiger partial charge < -0.3 is 24.8 Å². The van der Waals surface area contributed by atoms with E-state index in [9.17, 15) is 0 Å². The van der Waals surface area contributed by atoms with Crippen molar-refractivity contribution in [3.8, 4) is 22.3 Å². The van der Waals surface area contributed by atoms with Crippen molar-refractivity contribution in [3.63, 3.8) is 0 Å². The number of aryl methyl sites for hydroxylation is 2. The molecule has 4 aromatic rings. The predicted molar refractivity (Wildman–Crippen MR) is 126 cm³/mol. The molecule has 4 aromatic carbocycles. The number of hydrogen-bond donors (Lipinski definition) is 0. The van der Waals surface area contributed by atoms with E-state index in [2.05, 4.69) is 98.8 Å².